The number of hydrogen-bond acceptors (Lipinski definition) is 6. The van der Waals surface area contributed by atoms with Gasteiger partial charge < -0.3 is 20.1 Å². The summed E-state index contributed by atoms with van der Waals surface area (Å²) in [5.41, 5.74) is 2.45. The van der Waals surface area contributed by atoms with Gasteiger partial charge >= 0.3 is 6.36 Å². The number of halogens is 4. The van der Waals surface area contributed by atoms with Gasteiger partial charge in [0.15, 0.2) is 5.75 Å². The first-order valence-electron chi connectivity index (χ1n) is 10.0. The number of pyridine rings is 1. The molecule has 11 heteroatoms. The van der Waals surface area contributed by atoms with Crippen molar-refractivity contribution in [3.8, 4) is 11.5 Å². The third-order valence-corrected chi connectivity index (χ3v) is 5.73. The second-order valence-corrected chi connectivity index (χ2v) is 8.25. The summed E-state index contributed by atoms with van der Waals surface area (Å²) in [6.07, 6.45) is -0.259. The van der Waals surface area contributed by atoms with Crippen LogP contribution in [0.1, 0.15) is 5.56 Å². The zero-order valence-electron chi connectivity index (χ0n) is 18.1. The van der Waals surface area contributed by atoms with Crippen LogP contribution >= 0.6 is 11.9 Å². The van der Waals surface area contributed by atoms with E-state index >= 15 is 0 Å². The number of anilines is 2. The van der Waals surface area contributed by atoms with Crippen molar-refractivity contribution in [1.82, 2.24) is 14.3 Å². The normalized spacial score (nSPS) is 11.6. The molecule has 34 heavy (non-hydrogen) atoms. The van der Waals surface area contributed by atoms with E-state index in [1.165, 1.54) is 37.3 Å². The first kappa shape index (κ1) is 23.7. The van der Waals surface area contributed by atoms with Crippen molar-refractivity contribution in [3.63, 3.8) is 0 Å². The molecule has 0 unspecified atom stereocenters. The van der Waals surface area contributed by atoms with Crippen molar-refractivity contribution < 1.29 is 27.0 Å². The van der Waals surface area contributed by atoms with E-state index in [0.717, 1.165) is 28.7 Å². The highest BCUT2D eigenvalue weighted by molar-refractivity contribution is 7.98. The Kier molecular flexibility index (Phi) is 6.85. The van der Waals surface area contributed by atoms with E-state index in [0.29, 0.717) is 17.1 Å². The molecular weight excluding hydrogens is 472 g/mol. The summed E-state index contributed by atoms with van der Waals surface area (Å²) >= 11 is 1.28. The molecule has 0 bridgehead atoms. The maximum absolute atomic E-state index is 13.6. The van der Waals surface area contributed by atoms with E-state index in [-0.39, 0.29) is 11.4 Å². The van der Waals surface area contributed by atoms with E-state index < -0.39 is 17.9 Å². The minimum Gasteiger partial charge on any atom is -0.497 e. The molecular formula is C23H20F4N4O2S. The number of alkyl halides is 3. The molecule has 4 rings (SSSR count). The molecule has 0 aliphatic carbocycles. The average molecular weight is 492 g/mol. The lowest BCUT2D eigenvalue weighted by molar-refractivity contribution is -0.274. The Morgan fingerprint density at radius 1 is 1.09 bits per heavy atom. The Hall–Kier alpha value is -3.44. The number of ether oxygens (including phenoxy) is 2. The quantitative estimate of drug-likeness (QED) is 0.290. The number of nitrogens with one attached hydrogen (secondary N) is 2. The van der Waals surface area contributed by atoms with Crippen LogP contribution < -0.4 is 20.1 Å². The molecule has 0 amide bonds. The summed E-state index contributed by atoms with van der Waals surface area (Å²) < 4.78 is 63.5. The number of aromatic nitrogens is 2. The fourth-order valence-corrected chi connectivity index (χ4v) is 4.33. The molecule has 4 aromatic rings. The summed E-state index contributed by atoms with van der Waals surface area (Å²) in [5.74, 6) is -0.639. The smallest absolute Gasteiger partial charge is 0.497 e. The highest BCUT2D eigenvalue weighted by Crippen LogP contribution is 2.37. The Labute approximate surface area is 197 Å². The van der Waals surface area contributed by atoms with Crippen LogP contribution in [0.25, 0.3) is 10.9 Å². The van der Waals surface area contributed by atoms with E-state index in [1.54, 1.807) is 18.3 Å². The van der Waals surface area contributed by atoms with Crippen molar-refractivity contribution in [3.05, 3.63) is 72.4 Å². The fourth-order valence-electron chi connectivity index (χ4n) is 3.40. The lowest BCUT2D eigenvalue weighted by atomic mass is 10.1. The minimum absolute atomic E-state index is 0.119. The Morgan fingerprint density at radius 3 is 2.62 bits per heavy atom. The van der Waals surface area contributed by atoms with Crippen molar-refractivity contribution in [2.24, 2.45) is 0 Å². The van der Waals surface area contributed by atoms with Gasteiger partial charge in [-0.3, -0.25) is 8.96 Å². The van der Waals surface area contributed by atoms with Crippen LogP contribution in [-0.4, -0.2) is 29.5 Å². The largest absolute Gasteiger partial charge is 0.573 e. The van der Waals surface area contributed by atoms with Gasteiger partial charge in [0.2, 0.25) is 0 Å². The van der Waals surface area contributed by atoms with E-state index in [2.05, 4.69) is 20.4 Å². The Bertz CT molecular complexity index is 1310. The van der Waals surface area contributed by atoms with Crippen molar-refractivity contribution in [2.45, 2.75) is 17.8 Å². The van der Waals surface area contributed by atoms with Gasteiger partial charge in [-0.25, -0.2) is 4.39 Å². The maximum Gasteiger partial charge on any atom is 0.573 e. The molecule has 0 saturated carbocycles. The molecule has 0 fully saturated rings. The summed E-state index contributed by atoms with van der Waals surface area (Å²) in [5, 5.41) is 7.04. The van der Waals surface area contributed by atoms with Gasteiger partial charge in [0.1, 0.15) is 11.6 Å². The number of benzene rings is 2. The number of fused-ring (bicyclic) bond motifs is 1. The molecule has 2 N–H and O–H groups in total. The topological polar surface area (TPSA) is 60.3 Å². The molecule has 0 saturated heterocycles. The van der Waals surface area contributed by atoms with Crippen molar-refractivity contribution in [2.75, 3.05) is 19.5 Å². The van der Waals surface area contributed by atoms with E-state index in [4.69, 9.17) is 4.74 Å². The van der Waals surface area contributed by atoms with Gasteiger partial charge in [-0.15, -0.1) is 13.2 Å². The second kappa shape index (κ2) is 9.82. The lowest BCUT2D eigenvalue weighted by Crippen LogP contribution is -2.18. The third-order valence-electron chi connectivity index (χ3n) is 4.80. The predicted molar refractivity (Wildman–Crippen MR) is 123 cm³/mol. The average Bonchev–Trinajstić information content (AvgIpc) is 3.10. The zero-order chi connectivity index (χ0) is 24.3. The summed E-state index contributed by atoms with van der Waals surface area (Å²) in [6, 6.07) is 11.0. The SMILES string of the molecule is CNCc1cn(Sc2cncc(F)c2)c2cc(Nc3ccc(OC)cc3OC(F)(F)F)ccc12. The molecule has 178 valence electrons. The Morgan fingerprint density at radius 2 is 1.91 bits per heavy atom. The van der Waals surface area contributed by atoms with Crippen molar-refractivity contribution in [1.29, 1.82) is 0 Å². The molecule has 2 aromatic heterocycles. The fraction of sp³-hybridized carbons (Fsp3) is 0.174. The van der Waals surface area contributed by atoms with Crippen LogP contribution in [0.3, 0.4) is 0 Å². The molecule has 0 aliphatic heterocycles. The number of methoxy groups -OCH3 is 1. The Balaban J connectivity index is 1.72. The minimum atomic E-state index is -4.86. The van der Waals surface area contributed by atoms with Crippen molar-refractivity contribution >= 4 is 34.2 Å². The summed E-state index contributed by atoms with van der Waals surface area (Å²) in [7, 11) is 3.19. The van der Waals surface area contributed by atoms with E-state index in [1.807, 2.05) is 23.3 Å². The van der Waals surface area contributed by atoms with Gasteiger partial charge in [-0.1, -0.05) is 6.07 Å². The van der Waals surface area contributed by atoms with Gasteiger partial charge in [0.05, 0.1) is 29.4 Å². The first-order valence-corrected chi connectivity index (χ1v) is 10.8. The highest BCUT2D eigenvalue weighted by Gasteiger charge is 2.32. The van der Waals surface area contributed by atoms with Crippen LogP contribution in [0.15, 0.2) is 66.0 Å². The zero-order valence-corrected chi connectivity index (χ0v) is 18.9. The summed E-state index contributed by atoms with van der Waals surface area (Å²) in [6.45, 7) is 0.598. The van der Waals surface area contributed by atoms with Gasteiger partial charge in [0, 0.05) is 36.1 Å². The number of rotatable bonds is 8. The van der Waals surface area contributed by atoms with Crippen LogP contribution in [0.4, 0.5) is 28.9 Å². The first-order chi connectivity index (χ1) is 16.3. The molecule has 0 spiro atoms. The molecule has 2 heterocycles. The number of nitrogens with zero attached hydrogens (tertiary/aromatic N) is 2. The molecule has 0 aliphatic rings. The number of hydrogen-bond donors (Lipinski definition) is 2. The molecule has 0 radical (unpaired) electrons. The van der Waals surface area contributed by atoms with Crippen LogP contribution in [-0.2, 0) is 6.54 Å². The predicted octanol–water partition coefficient (Wildman–Crippen LogP) is 6.10. The van der Waals surface area contributed by atoms with Gasteiger partial charge in [-0.05, 0) is 54.9 Å². The maximum atomic E-state index is 13.6. The van der Waals surface area contributed by atoms with Crippen LogP contribution in [0.5, 0.6) is 11.5 Å². The van der Waals surface area contributed by atoms with Crippen LogP contribution in [0, 0.1) is 5.82 Å². The standard InChI is InChI=1S/C23H20F4N4O2S/c1-28-10-14-13-31(34-18-7-15(24)11-29-12-18)21-8-16(3-5-19(14)21)30-20-6-4-17(32-2)9-22(20)33-23(25,26)27/h3-9,11-13,28,30H,10H2,1-2H3. The second-order valence-electron chi connectivity index (χ2n) is 7.21. The lowest BCUT2D eigenvalue weighted by Gasteiger charge is -2.16. The molecule has 6 nitrogen and oxygen atoms in total. The van der Waals surface area contributed by atoms with Gasteiger partial charge in [0.25, 0.3) is 0 Å². The monoisotopic (exact) mass is 492 g/mol. The highest BCUT2D eigenvalue weighted by atomic mass is 32.2. The molecule has 0 atom stereocenters. The third kappa shape index (κ3) is 5.54. The molecule has 2 aromatic carbocycles. The van der Waals surface area contributed by atoms with Crippen LogP contribution in [0.2, 0.25) is 0 Å². The van der Waals surface area contributed by atoms with Gasteiger partial charge in [-0.2, -0.15) is 0 Å². The van der Waals surface area contributed by atoms with E-state index in [9.17, 15) is 17.6 Å². The summed E-state index contributed by atoms with van der Waals surface area (Å²) in [4.78, 5) is 4.48.